The lowest BCUT2D eigenvalue weighted by atomic mass is 9.92. The monoisotopic (exact) mass is 422 g/mol. The molecule has 1 aromatic carbocycles. The summed E-state index contributed by atoms with van der Waals surface area (Å²) >= 11 is 6.14. The van der Waals surface area contributed by atoms with E-state index < -0.39 is 0 Å². The zero-order valence-electron chi connectivity index (χ0n) is 17.1. The minimum absolute atomic E-state index is 0.238. The van der Waals surface area contributed by atoms with Crippen molar-refractivity contribution in [2.45, 2.75) is 39.2 Å². The smallest absolute Gasteiger partial charge is 0.309 e. The van der Waals surface area contributed by atoms with E-state index in [-0.39, 0.29) is 12.4 Å². The minimum atomic E-state index is -0.238. The van der Waals surface area contributed by atoms with Crippen LogP contribution in [-0.2, 0) is 35.4 Å². The second-order valence-electron chi connectivity index (χ2n) is 7.47. The Morgan fingerprint density at radius 3 is 2.83 bits per heavy atom. The number of halogens is 1. The van der Waals surface area contributed by atoms with Gasteiger partial charge in [-0.1, -0.05) is 23.7 Å². The second-order valence-corrected chi connectivity index (χ2v) is 7.86. The second kappa shape index (κ2) is 8.84. The highest BCUT2D eigenvalue weighted by atomic mass is 35.5. The maximum atomic E-state index is 12.0. The van der Waals surface area contributed by atoms with Gasteiger partial charge in [-0.3, -0.25) is 4.79 Å². The zero-order chi connectivity index (χ0) is 21.1. The van der Waals surface area contributed by atoms with Crippen LogP contribution >= 0.6 is 11.6 Å². The summed E-state index contributed by atoms with van der Waals surface area (Å²) in [7, 11) is 1.42. The number of aryl methyl sites for hydroxylation is 3. The summed E-state index contributed by atoms with van der Waals surface area (Å²) < 4.78 is 10.9. The van der Waals surface area contributed by atoms with Crippen LogP contribution in [0.25, 0.3) is 11.3 Å². The summed E-state index contributed by atoms with van der Waals surface area (Å²) in [6.45, 7) is 2.43. The highest BCUT2D eigenvalue weighted by Gasteiger charge is 2.15. The third-order valence-electron chi connectivity index (χ3n) is 5.43. The topological polar surface area (TPSA) is 61.3 Å². The van der Waals surface area contributed by atoms with Crippen LogP contribution in [0.1, 0.15) is 34.2 Å². The Morgan fingerprint density at radius 2 is 2.00 bits per heavy atom. The Labute approximate surface area is 181 Å². The predicted octanol–water partition coefficient (Wildman–Crippen LogP) is 4.89. The zero-order valence-corrected chi connectivity index (χ0v) is 17.8. The normalized spacial score (nSPS) is 13.2. The van der Waals surface area contributed by atoms with Crippen LogP contribution in [0.4, 0.5) is 0 Å². The van der Waals surface area contributed by atoms with Gasteiger partial charge >= 0.3 is 5.97 Å². The Kier molecular flexibility index (Phi) is 6.00. The van der Waals surface area contributed by atoms with Crippen LogP contribution in [-0.4, -0.2) is 23.0 Å². The first kappa shape index (κ1) is 20.4. The van der Waals surface area contributed by atoms with Crippen LogP contribution < -0.4 is 4.74 Å². The summed E-state index contributed by atoms with van der Waals surface area (Å²) in [4.78, 5) is 20.9. The van der Waals surface area contributed by atoms with Crippen molar-refractivity contribution in [2.75, 3.05) is 7.11 Å². The minimum Gasteiger partial charge on any atom is -0.473 e. The van der Waals surface area contributed by atoms with Crippen molar-refractivity contribution in [3.63, 3.8) is 0 Å². The van der Waals surface area contributed by atoms with E-state index in [4.69, 9.17) is 26.1 Å². The Balaban J connectivity index is 1.79. The molecule has 1 aliphatic heterocycles. The Hall–Kier alpha value is -2.92. The van der Waals surface area contributed by atoms with Gasteiger partial charge in [0.2, 0.25) is 5.88 Å². The molecule has 3 aromatic rings. The molecule has 5 nitrogen and oxygen atoms in total. The lowest BCUT2D eigenvalue weighted by Crippen LogP contribution is -2.08. The fourth-order valence-corrected chi connectivity index (χ4v) is 4.02. The number of carbonyl (C=O) groups is 1. The molecule has 0 aliphatic carbocycles. The van der Waals surface area contributed by atoms with Crippen LogP contribution in [0.2, 0.25) is 5.15 Å². The molecule has 0 saturated carbocycles. The molecule has 0 atom stereocenters. The largest absolute Gasteiger partial charge is 0.473 e. The molecule has 0 unspecified atom stereocenters. The predicted molar refractivity (Wildman–Crippen MR) is 116 cm³/mol. The van der Waals surface area contributed by atoms with Gasteiger partial charge in [0.05, 0.1) is 19.2 Å². The first-order valence-electron chi connectivity index (χ1n) is 9.96. The number of fused-ring (bicyclic) bond motifs is 6. The van der Waals surface area contributed by atoms with E-state index in [1.165, 1.54) is 7.11 Å². The maximum Gasteiger partial charge on any atom is 0.309 e. The molecule has 0 amide bonds. The molecule has 1 aliphatic rings. The van der Waals surface area contributed by atoms with Crippen molar-refractivity contribution in [3.05, 3.63) is 75.6 Å². The van der Waals surface area contributed by atoms with E-state index in [9.17, 15) is 4.79 Å². The fourth-order valence-electron chi connectivity index (χ4n) is 3.84. The number of esters is 1. The summed E-state index contributed by atoms with van der Waals surface area (Å²) in [6.07, 6.45) is 4.62. The molecule has 0 spiro atoms. The Bertz CT molecular complexity index is 1100. The van der Waals surface area contributed by atoms with Gasteiger partial charge in [0.25, 0.3) is 0 Å². The molecule has 0 fully saturated rings. The van der Waals surface area contributed by atoms with E-state index in [0.717, 1.165) is 58.3 Å². The first-order chi connectivity index (χ1) is 14.5. The fraction of sp³-hybridized carbons (Fsp3) is 0.292. The lowest BCUT2D eigenvalue weighted by molar-refractivity contribution is -0.139. The van der Waals surface area contributed by atoms with Crippen molar-refractivity contribution in [3.8, 4) is 17.1 Å². The molecule has 2 aromatic heterocycles. The van der Waals surface area contributed by atoms with Crippen LogP contribution in [0, 0.1) is 6.92 Å². The molecule has 30 heavy (non-hydrogen) atoms. The summed E-state index contributed by atoms with van der Waals surface area (Å²) in [5.41, 5.74) is 7.22. The molecule has 0 N–H and O–H groups in total. The number of hydrogen-bond acceptors (Lipinski definition) is 5. The molecule has 4 bridgehead atoms. The maximum absolute atomic E-state index is 12.0. The molecule has 154 valence electrons. The summed E-state index contributed by atoms with van der Waals surface area (Å²) in [5.74, 6) is 0.324. The van der Waals surface area contributed by atoms with E-state index in [1.54, 1.807) is 6.20 Å². The number of rotatable bonds is 2. The van der Waals surface area contributed by atoms with E-state index in [2.05, 4.69) is 17.1 Å². The molecule has 0 radical (unpaired) electrons. The van der Waals surface area contributed by atoms with Crippen LogP contribution in [0.5, 0.6) is 5.88 Å². The molecular weight excluding hydrogens is 400 g/mol. The van der Waals surface area contributed by atoms with Gasteiger partial charge in [0, 0.05) is 23.4 Å². The highest BCUT2D eigenvalue weighted by Crippen LogP contribution is 2.29. The number of ether oxygens (including phenoxy) is 2. The number of hydrogen-bond donors (Lipinski definition) is 0. The number of nitrogens with zero attached hydrogens (tertiary/aromatic N) is 2. The first-order valence-corrected chi connectivity index (χ1v) is 10.3. The molecule has 3 heterocycles. The van der Waals surface area contributed by atoms with Crippen molar-refractivity contribution >= 4 is 17.6 Å². The Morgan fingerprint density at radius 1 is 1.17 bits per heavy atom. The van der Waals surface area contributed by atoms with Crippen molar-refractivity contribution in [2.24, 2.45) is 0 Å². The SMILES string of the molecule is COC(=O)Cc1cc(C)c2cc1CCCc1cc(Cl)ncc1COc1cccc-2n1. The van der Waals surface area contributed by atoms with E-state index >= 15 is 0 Å². The van der Waals surface area contributed by atoms with Gasteiger partial charge in [0.15, 0.2) is 0 Å². The van der Waals surface area contributed by atoms with Crippen LogP contribution in [0.15, 0.2) is 42.6 Å². The number of pyridine rings is 2. The molecular formula is C24H23ClN2O3. The number of carbonyl (C=O) groups excluding carboxylic acids is 1. The number of methoxy groups -OCH3 is 1. The van der Waals surface area contributed by atoms with Gasteiger partial charge in [0.1, 0.15) is 11.8 Å². The average Bonchev–Trinajstić information content (AvgIpc) is 2.74. The summed E-state index contributed by atoms with van der Waals surface area (Å²) in [6, 6.07) is 11.9. The van der Waals surface area contributed by atoms with Gasteiger partial charge in [-0.2, -0.15) is 0 Å². The average molecular weight is 423 g/mol. The van der Waals surface area contributed by atoms with Gasteiger partial charge in [-0.15, -0.1) is 0 Å². The van der Waals surface area contributed by atoms with Crippen molar-refractivity contribution in [1.29, 1.82) is 0 Å². The van der Waals surface area contributed by atoms with Gasteiger partial charge < -0.3 is 9.47 Å². The number of aromatic nitrogens is 2. The van der Waals surface area contributed by atoms with E-state index in [0.29, 0.717) is 17.6 Å². The van der Waals surface area contributed by atoms with Crippen molar-refractivity contribution in [1.82, 2.24) is 9.97 Å². The molecule has 0 saturated heterocycles. The van der Waals surface area contributed by atoms with E-state index in [1.807, 2.05) is 31.2 Å². The van der Waals surface area contributed by atoms with Gasteiger partial charge in [-0.05, 0) is 66.6 Å². The summed E-state index contributed by atoms with van der Waals surface area (Å²) in [5, 5.41) is 0.474. The molecule has 4 rings (SSSR count). The quantitative estimate of drug-likeness (QED) is 0.434. The lowest BCUT2D eigenvalue weighted by Gasteiger charge is -2.14. The third kappa shape index (κ3) is 4.46. The van der Waals surface area contributed by atoms with Gasteiger partial charge in [-0.25, -0.2) is 9.97 Å². The van der Waals surface area contributed by atoms with Crippen molar-refractivity contribution < 1.29 is 14.3 Å². The third-order valence-corrected chi connectivity index (χ3v) is 5.63. The highest BCUT2D eigenvalue weighted by molar-refractivity contribution is 6.29. The standard InChI is InChI=1S/C24H23ClN2O3/c1-15-9-18(12-24(28)29-2)16-5-3-6-17-11-22(25)26-13-19(17)14-30-23-8-4-7-21(27-23)20(15)10-16/h4,7-11,13H,3,5-6,12,14H2,1-2H3. The van der Waals surface area contributed by atoms with Crippen LogP contribution in [0.3, 0.4) is 0 Å². The molecule has 6 heteroatoms. The number of benzene rings is 1.